The molecule has 3 rings (SSSR count). The number of rotatable bonds is 1. The fraction of sp³-hybridized carbons (Fsp3) is 0. The van der Waals surface area contributed by atoms with E-state index in [4.69, 9.17) is 11.5 Å². The number of nitrogens with zero attached hydrogens (tertiary/aromatic N) is 3. The average Bonchev–Trinajstić information content (AvgIpc) is 2.38. The number of halogens is 1. The van der Waals surface area contributed by atoms with Gasteiger partial charge in [0, 0.05) is 10.9 Å². The minimum atomic E-state index is -0.297. The fourth-order valence-electron chi connectivity index (χ4n) is 1.99. The molecule has 0 amide bonds. The van der Waals surface area contributed by atoms with E-state index < -0.39 is 0 Å². The molecule has 19 heavy (non-hydrogen) atoms. The van der Waals surface area contributed by atoms with Crippen molar-refractivity contribution < 1.29 is 4.39 Å². The minimum Gasteiger partial charge on any atom is -0.368 e. The number of aromatic nitrogens is 3. The number of fused-ring (bicyclic) bond motifs is 1. The Morgan fingerprint density at radius 1 is 0.789 bits per heavy atom. The summed E-state index contributed by atoms with van der Waals surface area (Å²) in [4.78, 5) is 11.8. The van der Waals surface area contributed by atoms with Crippen LogP contribution < -0.4 is 11.5 Å². The predicted octanol–water partition coefficient (Wildman–Crippen LogP) is 2.00. The van der Waals surface area contributed by atoms with E-state index in [0.29, 0.717) is 22.2 Å². The summed E-state index contributed by atoms with van der Waals surface area (Å²) in [6.45, 7) is 0. The summed E-state index contributed by atoms with van der Waals surface area (Å²) in [6, 6.07) is 10.1. The summed E-state index contributed by atoms with van der Waals surface area (Å²) in [5.74, 6) is 0.113. The molecule has 0 spiro atoms. The van der Waals surface area contributed by atoms with Gasteiger partial charge in [0.25, 0.3) is 0 Å². The van der Waals surface area contributed by atoms with Gasteiger partial charge in [-0.05, 0) is 17.5 Å². The molecule has 0 atom stereocenters. The van der Waals surface area contributed by atoms with Crippen LogP contribution in [0.5, 0.6) is 0 Å². The first-order valence-corrected chi connectivity index (χ1v) is 5.60. The minimum absolute atomic E-state index is 0.0379. The van der Waals surface area contributed by atoms with E-state index in [1.807, 2.05) is 6.07 Å². The van der Waals surface area contributed by atoms with Crippen molar-refractivity contribution in [3.63, 3.8) is 0 Å². The van der Waals surface area contributed by atoms with Crippen molar-refractivity contribution in [3.05, 3.63) is 42.2 Å². The lowest BCUT2D eigenvalue weighted by atomic mass is 10.0. The predicted molar refractivity (Wildman–Crippen MR) is 71.6 cm³/mol. The lowest BCUT2D eigenvalue weighted by Gasteiger charge is -2.07. The first-order valence-electron chi connectivity index (χ1n) is 5.60. The number of nitrogen functional groups attached to an aromatic ring is 2. The molecule has 2 aromatic carbocycles. The van der Waals surface area contributed by atoms with Crippen LogP contribution in [0.1, 0.15) is 0 Å². The van der Waals surface area contributed by atoms with Crippen LogP contribution in [0.15, 0.2) is 36.4 Å². The van der Waals surface area contributed by atoms with Crippen LogP contribution in [0.3, 0.4) is 0 Å². The normalized spacial score (nSPS) is 10.8. The van der Waals surface area contributed by atoms with E-state index >= 15 is 0 Å². The largest absolute Gasteiger partial charge is 0.368 e. The quantitative estimate of drug-likeness (QED) is 0.694. The van der Waals surface area contributed by atoms with Crippen molar-refractivity contribution in [2.45, 2.75) is 0 Å². The second kappa shape index (κ2) is 4.16. The molecule has 0 aliphatic rings. The molecule has 94 valence electrons. The molecule has 4 N–H and O–H groups in total. The van der Waals surface area contributed by atoms with Gasteiger partial charge >= 0.3 is 0 Å². The van der Waals surface area contributed by atoms with Gasteiger partial charge in [-0.25, -0.2) is 4.39 Å². The molecule has 0 unspecified atom stereocenters. The Balaban J connectivity index is 2.34. The number of nitrogens with two attached hydrogens (primary N) is 2. The van der Waals surface area contributed by atoms with Gasteiger partial charge in [0.05, 0.1) is 0 Å². The molecule has 0 saturated carbocycles. The van der Waals surface area contributed by atoms with E-state index in [-0.39, 0.29) is 17.7 Å². The molecule has 6 heteroatoms. The number of hydrogen-bond donors (Lipinski definition) is 2. The second-order valence-corrected chi connectivity index (χ2v) is 4.02. The molecular weight excluding hydrogens is 245 g/mol. The molecule has 1 heterocycles. The Hall–Kier alpha value is -2.76. The molecule has 3 aromatic rings. The Labute approximate surface area is 108 Å². The van der Waals surface area contributed by atoms with Crippen LogP contribution in [0, 0.1) is 5.82 Å². The first kappa shape index (κ1) is 11.3. The molecule has 0 fully saturated rings. The van der Waals surface area contributed by atoms with Crippen LogP contribution in [-0.2, 0) is 0 Å². The summed E-state index contributed by atoms with van der Waals surface area (Å²) in [5, 5.41) is 1.20. The van der Waals surface area contributed by atoms with Crippen molar-refractivity contribution in [2.75, 3.05) is 11.5 Å². The highest BCUT2D eigenvalue weighted by Crippen LogP contribution is 2.28. The summed E-state index contributed by atoms with van der Waals surface area (Å²) in [7, 11) is 0. The second-order valence-electron chi connectivity index (χ2n) is 4.02. The Bertz CT molecular complexity index is 752. The van der Waals surface area contributed by atoms with Crippen molar-refractivity contribution >= 4 is 22.7 Å². The summed E-state index contributed by atoms with van der Waals surface area (Å²) >= 11 is 0. The molecule has 0 bridgehead atoms. The van der Waals surface area contributed by atoms with E-state index in [0.717, 1.165) is 0 Å². The van der Waals surface area contributed by atoms with Gasteiger partial charge in [0.15, 0.2) is 5.82 Å². The van der Waals surface area contributed by atoms with Crippen LogP contribution in [0.4, 0.5) is 16.3 Å². The van der Waals surface area contributed by atoms with Gasteiger partial charge in [-0.3, -0.25) is 0 Å². The molecule has 0 aliphatic carbocycles. The highest BCUT2D eigenvalue weighted by atomic mass is 19.1. The fourth-order valence-corrected chi connectivity index (χ4v) is 1.99. The zero-order chi connectivity index (χ0) is 13.4. The van der Waals surface area contributed by atoms with Gasteiger partial charge in [-0.1, -0.05) is 24.3 Å². The van der Waals surface area contributed by atoms with Crippen LogP contribution >= 0.6 is 0 Å². The Morgan fingerprint density at radius 3 is 2.11 bits per heavy atom. The van der Waals surface area contributed by atoms with E-state index in [1.165, 1.54) is 6.07 Å². The molecule has 0 radical (unpaired) electrons. The first-order chi connectivity index (χ1) is 9.15. The molecule has 0 aliphatic heterocycles. The summed E-state index contributed by atoms with van der Waals surface area (Å²) in [6.07, 6.45) is 0. The van der Waals surface area contributed by atoms with Crippen molar-refractivity contribution in [2.24, 2.45) is 0 Å². The number of hydrogen-bond acceptors (Lipinski definition) is 5. The smallest absolute Gasteiger partial charge is 0.225 e. The van der Waals surface area contributed by atoms with Crippen molar-refractivity contribution in [3.8, 4) is 11.4 Å². The summed E-state index contributed by atoms with van der Waals surface area (Å²) in [5.41, 5.74) is 11.8. The standard InChI is InChI=1S/C13H10FN5/c14-10-6-5-9(7-3-1-2-4-8(7)10)11-17-12(15)19-13(16)18-11/h1-6H,(H4,15,16,17,18,19). The maximum atomic E-state index is 13.7. The van der Waals surface area contributed by atoms with Crippen LogP contribution in [0.25, 0.3) is 22.2 Å². The maximum Gasteiger partial charge on any atom is 0.225 e. The van der Waals surface area contributed by atoms with E-state index in [2.05, 4.69) is 15.0 Å². The SMILES string of the molecule is Nc1nc(N)nc(-c2ccc(F)c3ccccc23)n1. The third-order valence-electron chi connectivity index (χ3n) is 2.78. The lowest BCUT2D eigenvalue weighted by Crippen LogP contribution is -2.04. The van der Waals surface area contributed by atoms with Crippen molar-refractivity contribution in [1.82, 2.24) is 15.0 Å². The molecule has 1 aromatic heterocycles. The molecule has 0 saturated heterocycles. The molecular formula is C13H10FN5. The highest BCUT2D eigenvalue weighted by Gasteiger charge is 2.11. The topological polar surface area (TPSA) is 90.7 Å². The maximum absolute atomic E-state index is 13.7. The van der Waals surface area contributed by atoms with Gasteiger partial charge in [-0.15, -0.1) is 0 Å². The molecule has 5 nitrogen and oxygen atoms in total. The monoisotopic (exact) mass is 255 g/mol. The Morgan fingerprint density at radius 2 is 1.42 bits per heavy atom. The third-order valence-corrected chi connectivity index (χ3v) is 2.78. The lowest BCUT2D eigenvalue weighted by molar-refractivity contribution is 0.640. The zero-order valence-corrected chi connectivity index (χ0v) is 9.84. The van der Waals surface area contributed by atoms with Crippen LogP contribution in [-0.4, -0.2) is 15.0 Å². The highest BCUT2D eigenvalue weighted by molar-refractivity contribution is 5.95. The third kappa shape index (κ3) is 1.93. The number of benzene rings is 2. The van der Waals surface area contributed by atoms with Crippen LogP contribution in [0.2, 0.25) is 0 Å². The van der Waals surface area contributed by atoms with Gasteiger partial charge in [0.2, 0.25) is 11.9 Å². The van der Waals surface area contributed by atoms with E-state index in [9.17, 15) is 4.39 Å². The Kier molecular flexibility index (Phi) is 2.49. The van der Waals surface area contributed by atoms with E-state index in [1.54, 1.807) is 24.3 Å². The number of anilines is 2. The van der Waals surface area contributed by atoms with Gasteiger partial charge in [-0.2, -0.15) is 15.0 Å². The van der Waals surface area contributed by atoms with Gasteiger partial charge < -0.3 is 11.5 Å². The summed E-state index contributed by atoms with van der Waals surface area (Å²) < 4.78 is 13.7. The van der Waals surface area contributed by atoms with Gasteiger partial charge in [0.1, 0.15) is 5.82 Å². The zero-order valence-electron chi connectivity index (χ0n) is 9.84. The average molecular weight is 255 g/mol. The van der Waals surface area contributed by atoms with Crippen molar-refractivity contribution in [1.29, 1.82) is 0 Å².